The molecule has 0 saturated heterocycles. The predicted molar refractivity (Wildman–Crippen MR) is 53.8 cm³/mol. The van der Waals surface area contributed by atoms with Crippen LogP contribution in [0.15, 0.2) is 30.3 Å². The Morgan fingerprint density at radius 2 is 2.00 bits per heavy atom. The van der Waals surface area contributed by atoms with Gasteiger partial charge in [0.2, 0.25) is 0 Å². The molecule has 0 radical (unpaired) electrons. The van der Waals surface area contributed by atoms with E-state index in [4.69, 9.17) is 10.8 Å². The lowest BCUT2D eigenvalue weighted by atomic mass is 9.88. The zero-order chi connectivity index (χ0) is 10.8. The fourth-order valence-corrected chi connectivity index (χ4v) is 1.64. The molecule has 4 nitrogen and oxygen atoms in total. The van der Waals surface area contributed by atoms with Crippen molar-refractivity contribution in [2.24, 2.45) is 0 Å². The molecule has 1 aromatic rings. The number of hydrogen-bond acceptors (Lipinski definition) is 2. The normalized spacial score (nSPS) is 18.5. The van der Waals surface area contributed by atoms with Crippen LogP contribution in [0.5, 0.6) is 0 Å². The molecule has 15 heavy (non-hydrogen) atoms. The Morgan fingerprint density at radius 1 is 1.33 bits per heavy atom. The molecular weight excluding hydrogens is 190 g/mol. The van der Waals surface area contributed by atoms with Gasteiger partial charge in [-0.25, -0.2) is 0 Å². The first kappa shape index (κ1) is 9.35. The first-order valence-corrected chi connectivity index (χ1v) is 4.39. The second-order valence-corrected chi connectivity index (χ2v) is 3.17. The highest BCUT2D eigenvalue weighted by Crippen LogP contribution is 2.25. The largest absolute Gasteiger partial charge is 0.377 e. The zero-order valence-electron chi connectivity index (χ0n) is 7.75. The quantitative estimate of drug-likeness (QED) is 0.497. The maximum atomic E-state index is 9.60. The van der Waals surface area contributed by atoms with Crippen molar-refractivity contribution in [1.29, 1.82) is 5.26 Å². The molecule has 0 aliphatic heterocycles. The SMILES string of the molecule is N#CC1=CC(O)C(=[N+]=[N-])c2ccccc21. The molecule has 1 unspecified atom stereocenters. The summed E-state index contributed by atoms with van der Waals surface area (Å²) in [5.41, 5.74) is 10.6. The van der Waals surface area contributed by atoms with Gasteiger partial charge in [-0.05, 0) is 12.1 Å². The third-order valence-corrected chi connectivity index (χ3v) is 2.33. The summed E-state index contributed by atoms with van der Waals surface area (Å²) in [6, 6.07) is 9.01. The van der Waals surface area contributed by atoms with Crippen molar-refractivity contribution < 1.29 is 9.90 Å². The minimum atomic E-state index is -1.03. The molecular formula is C11H7N3O. The molecule has 2 rings (SSSR count). The maximum Gasteiger partial charge on any atom is 0.331 e. The van der Waals surface area contributed by atoms with E-state index in [-0.39, 0.29) is 5.71 Å². The molecule has 0 spiro atoms. The molecule has 0 amide bonds. The van der Waals surface area contributed by atoms with E-state index in [2.05, 4.69) is 4.79 Å². The number of benzene rings is 1. The van der Waals surface area contributed by atoms with Crippen LogP contribution in [0.25, 0.3) is 11.1 Å². The summed E-state index contributed by atoms with van der Waals surface area (Å²) in [5, 5.41) is 18.5. The zero-order valence-corrected chi connectivity index (χ0v) is 7.75. The van der Waals surface area contributed by atoms with Gasteiger partial charge in [0.1, 0.15) is 0 Å². The first-order chi connectivity index (χ1) is 7.27. The van der Waals surface area contributed by atoms with E-state index >= 15 is 0 Å². The molecule has 0 heterocycles. The molecule has 1 aliphatic carbocycles. The number of aliphatic hydroxyl groups is 1. The summed E-state index contributed by atoms with van der Waals surface area (Å²) in [5.74, 6) is 0. The molecule has 0 aromatic heterocycles. The van der Waals surface area contributed by atoms with Crippen molar-refractivity contribution in [2.75, 3.05) is 0 Å². The monoisotopic (exact) mass is 197 g/mol. The highest BCUT2D eigenvalue weighted by Gasteiger charge is 2.30. The molecule has 0 fully saturated rings. The molecule has 1 N–H and O–H groups in total. The molecule has 1 aromatic carbocycles. The van der Waals surface area contributed by atoms with Crippen LogP contribution in [0.3, 0.4) is 0 Å². The lowest BCUT2D eigenvalue weighted by Crippen LogP contribution is -2.25. The number of aliphatic hydroxyl groups excluding tert-OH is 1. The van der Waals surface area contributed by atoms with Crippen molar-refractivity contribution >= 4 is 11.3 Å². The smallest absolute Gasteiger partial charge is 0.331 e. The Morgan fingerprint density at radius 3 is 2.60 bits per heavy atom. The van der Waals surface area contributed by atoms with Crippen LogP contribution in [0, 0.1) is 11.3 Å². The Labute approximate surface area is 86.3 Å². The van der Waals surface area contributed by atoms with Gasteiger partial charge in [0.05, 0.1) is 17.2 Å². The third-order valence-electron chi connectivity index (χ3n) is 2.33. The topological polar surface area (TPSA) is 80.4 Å². The van der Waals surface area contributed by atoms with Gasteiger partial charge in [0.15, 0.2) is 6.10 Å². The lowest BCUT2D eigenvalue weighted by Gasteiger charge is -2.12. The summed E-state index contributed by atoms with van der Waals surface area (Å²) >= 11 is 0. The highest BCUT2D eigenvalue weighted by atomic mass is 16.3. The van der Waals surface area contributed by atoms with Crippen LogP contribution in [0.1, 0.15) is 11.1 Å². The van der Waals surface area contributed by atoms with E-state index in [9.17, 15) is 5.11 Å². The number of nitrogens with zero attached hydrogens (tertiary/aromatic N) is 3. The van der Waals surface area contributed by atoms with E-state index < -0.39 is 6.10 Å². The number of fused-ring (bicyclic) bond motifs is 1. The van der Waals surface area contributed by atoms with E-state index in [0.29, 0.717) is 16.7 Å². The van der Waals surface area contributed by atoms with E-state index in [0.717, 1.165) is 0 Å². The van der Waals surface area contributed by atoms with E-state index in [1.807, 2.05) is 6.07 Å². The van der Waals surface area contributed by atoms with Gasteiger partial charge in [-0.3, -0.25) is 0 Å². The lowest BCUT2D eigenvalue weighted by molar-refractivity contribution is -0.0158. The van der Waals surface area contributed by atoms with Gasteiger partial charge >= 0.3 is 5.71 Å². The Kier molecular flexibility index (Phi) is 2.18. The van der Waals surface area contributed by atoms with Gasteiger partial charge in [0, 0.05) is 5.56 Å². The van der Waals surface area contributed by atoms with Crippen molar-refractivity contribution in [3.05, 3.63) is 47.0 Å². The molecule has 1 atom stereocenters. The number of hydrogen-bond donors (Lipinski definition) is 1. The minimum Gasteiger partial charge on any atom is -0.377 e. The standard InChI is InChI=1S/C11H7N3O/c12-6-7-5-10(15)11(14-13)9-4-2-1-3-8(7)9/h1-5,10,15H. The van der Waals surface area contributed by atoms with Crippen molar-refractivity contribution in [3.8, 4) is 6.07 Å². The van der Waals surface area contributed by atoms with Crippen LogP contribution in [-0.4, -0.2) is 21.7 Å². The summed E-state index contributed by atoms with van der Waals surface area (Å²) in [6.45, 7) is 0. The molecule has 72 valence electrons. The number of rotatable bonds is 0. The van der Waals surface area contributed by atoms with Gasteiger partial charge in [-0.1, -0.05) is 18.2 Å². The summed E-state index contributed by atoms with van der Waals surface area (Å²) < 4.78 is 0. The van der Waals surface area contributed by atoms with Crippen LogP contribution >= 0.6 is 0 Å². The van der Waals surface area contributed by atoms with E-state index in [1.54, 1.807) is 24.3 Å². The average Bonchev–Trinajstić information content (AvgIpc) is 2.28. The number of nitriles is 1. The Balaban J connectivity index is 2.75. The summed E-state index contributed by atoms with van der Waals surface area (Å²) in [7, 11) is 0. The minimum absolute atomic E-state index is 0.171. The van der Waals surface area contributed by atoms with Crippen LogP contribution in [-0.2, 0) is 0 Å². The fourth-order valence-electron chi connectivity index (χ4n) is 1.64. The second-order valence-electron chi connectivity index (χ2n) is 3.17. The molecule has 1 aliphatic rings. The number of allylic oxidation sites excluding steroid dienone is 1. The first-order valence-electron chi connectivity index (χ1n) is 4.39. The summed E-state index contributed by atoms with van der Waals surface area (Å²) in [4.78, 5) is 3.05. The molecule has 4 heteroatoms. The van der Waals surface area contributed by atoms with Gasteiger partial charge in [0.25, 0.3) is 0 Å². The second kappa shape index (κ2) is 3.50. The van der Waals surface area contributed by atoms with Crippen molar-refractivity contribution in [3.63, 3.8) is 0 Å². The third kappa shape index (κ3) is 1.36. The Bertz CT molecular complexity index is 533. The van der Waals surface area contributed by atoms with Gasteiger partial charge in [-0.15, -0.1) is 0 Å². The summed E-state index contributed by atoms with van der Waals surface area (Å²) in [6.07, 6.45) is 0.344. The predicted octanol–water partition coefficient (Wildman–Crippen LogP) is 0.987. The van der Waals surface area contributed by atoms with Crippen molar-refractivity contribution in [1.82, 2.24) is 0 Å². The van der Waals surface area contributed by atoms with Crippen LogP contribution in [0.4, 0.5) is 0 Å². The van der Waals surface area contributed by atoms with Crippen LogP contribution < -0.4 is 0 Å². The Hall–Kier alpha value is -2.21. The van der Waals surface area contributed by atoms with Crippen molar-refractivity contribution in [2.45, 2.75) is 6.10 Å². The fraction of sp³-hybridized carbons (Fsp3) is 0.0909. The molecule has 0 saturated carbocycles. The molecule has 0 bridgehead atoms. The maximum absolute atomic E-state index is 9.60. The average molecular weight is 197 g/mol. The highest BCUT2D eigenvalue weighted by molar-refractivity contribution is 6.09. The van der Waals surface area contributed by atoms with E-state index in [1.165, 1.54) is 6.08 Å². The van der Waals surface area contributed by atoms with Gasteiger partial charge < -0.3 is 10.6 Å². The van der Waals surface area contributed by atoms with Gasteiger partial charge in [-0.2, -0.15) is 10.1 Å². The van der Waals surface area contributed by atoms with Crippen LogP contribution in [0.2, 0.25) is 0 Å².